The SMILES string of the molecule is CN(C)c1ccc(OCC(F)(F)F)c(N2C(=O)CSC2=NC(=O)Nc2ccc(-c3ncn(-c4ccc(OC(F)(F)F)cn4)n3)cc2F)c1. The Labute approximate surface area is 270 Å². The number of hydrogen-bond acceptors (Lipinski definition) is 9. The van der Waals surface area contributed by atoms with Crippen molar-refractivity contribution in [2.75, 3.05) is 41.6 Å². The van der Waals surface area contributed by atoms with Gasteiger partial charge in [0.25, 0.3) is 0 Å². The third kappa shape index (κ3) is 8.30. The molecule has 1 saturated heterocycles. The molecule has 252 valence electrons. The summed E-state index contributed by atoms with van der Waals surface area (Å²) in [6, 6.07) is 8.87. The number of amides is 3. The zero-order valence-electron chi connectivity index (χ0n) is 24.5. The molecule has 0 unspecified atom stereocenters. The maximum absolute atomic E-state index is 15.1. The highest BCUT2D eigenvalue weighted by Gasteiger charge is 2.35. The van der Waals surface area contributed by atoms with Crippen LogP contribution in [-0.4, -0.2) is 75.8 Å². The highest BCUT2D eigenvalue weighted by atomic mass is 32.2. The minimum atomic E-state index is -4.89. The number of benzene rings is 2. The highest BCUT2D eigenvalue weighted by molar-refractivity contribution is 8.15. The molecule has 1 N–H and O–H groups in total. The van der Waals surface area contributed by atoms with Gasteiger partial charge in [0.1, 0.15) is 23.6 Å². The quantitative estimate of drug-likeness (QED) is 0.219. The highest BCUT2D eigenvalue weighted by Crippen LogP contribution is 2.38. The Balaban J connectivity index is 1.32. The number of hydrogen-bond donors (Lipinski definition) is 1. The van der Waals surface area contributed by atoms with Crippen molar-refractivity contribution in [3.8, 4) is 28.7 Å². The number of ether oxygens (including phenoxy) is 2. The second-order valence-corrected chi connectivity index (χ2v) is 10.8. The molecule has 20 heteroatoms. The largest absolute Gasteiger partial charge is 0.573 e. The van der Waals surface area contributed by atoms with Crippen LogP contribution >= 0.6 is 11.8 Å². The Morgan fingerprint density at radius 3 is 2.48 bits per heavy atom. The molecular formula is C28H21F7N8O4S. The third-order valence-electron chi connectivity index (χ3n) is 6.20. The number of carbonyl (C=O) groups excluding carboxylic acids is 2. The Morgan fingerprint density at radius 2 is 1.83 bits per heavy atom. The van der Waals surface area contributed by atoms with E-state index in [1.165, 1.54) is 42.7 Å². The van der Waals surface area contributed by atoms with Crippen LogP contribution in [0.4, 0.5) is 52.6 Å². The van der Waals surface area contributed by atoms with Gasteiger partial charge in [-0.05, 0) is 48.5 Å². The summed E-state index contributed by atoms with van der Waals surface area (Å²) in [6.45, 7) is -1.63. The first-order valence-electron chi connectivity index (χ1n) is 13.4. The van der Waals surface area contributed by atoms with E-state index in [0.29, 0.717) is 5.69 Å². The van der Waals surface area contributed by atoms with E-state index in [1.54, 1.807) is 19.0 Å². The Bertz CT molecular complexity index is 1860. The van der Waals surface area contributed by atoms with Crippen LogP contribution in [0.5, 0.6) is 11.5 Å². The molecular weight excluding hydrogens is 677 g/mol. The predicted molar refractivity (Wildman–Crippen MR) is 160 cm³/mol. The van der Waals surface area contributed by atoms with Crippen LogP contribution < -0.4 is 24.6 Å². The van der Waals surface area contributed by atoms with E-state index in [2.05, 4.69) is 30.1 Å². The first-order chi connectivity index (χ1) is 22.6. The van der Waals surface area contributed by atoms with Crippen LogP contribution in [0.3, 0.4) is 0 Å². The van der Waals surface area contributed by atoms with Gasteiger partial charge in [0.05, 0.1) is 23.3 Å². The number of carbonyl (C=O) groups is 2. The van der Waals surface area contributed by atoms with E-state index in [-0.39, 0.29) is 45.3 Å². The van der Waals surface area contributed by atoms with Crippen LogP contribution in [0.25, 0.3) is 17.2 Å². The fraction of sp³-hybridized carbons (Fsp3) is 0.214. The maximum Gasteiger partial charge on any atom is 0.573 e. The molecule has 3 heterocycles. The summed E-state index contributed by atoms with van der Waals surface area (Å²) in [5.41, 5.74) is 0.307. The van der Waals surface area contributed by atoms with Gasteiger partial charge in [-0.25, -0.2) is 23.8 Å². The van der Waals surface area contributed by atoms with E-state index in [0.717, 1.165) is 39.7 Å². The van der Waals surface area contributed by atoms with E-state index in [1.807, 2.05) is 0 Å². The minimum Gasteiger partial charge on any atom is -0.482 e. The summed E-state index contributed by atoms with van der Waals surface area (Å²) in [5, 5.41) is 6.22. The third-order valence-corrected chi connectivity index (χ3v) is 7.13. The molecule has 0 aliphatic carbocycles. The van der Waals surface area contributed by atoms with Gasteiger partial charge in [-0.2, -0.15) is 18.2 Å². The molecule has 0 saturated carbocycles. The number of nitrogens with zero attached hydrogens (tertiary/aromatic N) is 7. The molecule has 2 aromatic heterocycles. The number of rotatable bonds is 8. The summed E-state index contributed by atoms with van der Waals surface area (Å²) < 4.78 is 101. The zero-order chi connectivity index (χ0) is 34.8. The lowest BCUT2D eigenvalue weighted by Crippen LogP contribution is -2.31. The van der Waals surface area contributed by atoms with Crippen LogP contribution in [0, 0.1) is 5.82 Å². The average Bonchev–Trinajstić information content (AvgIpc) is 3.63. The van der Waals surface area contributed by atoms with Crippen molar-refractivity contribution >= 4 is 45.9 Å². The number of alkyl halides is 6. The average molecular weight is 699 g/mol. The molecule has 0 radical (unpaired) electrons. The summed E-state index contributed by atoms with van der Waals surface area (Å²) in [4.78, 5) is 40.0. The minimum absolute atomic E-state index is 0.0180. The standard InChI is InChI=1S/C28H21F7N8O4S/c1-41(2)16-4-7-21(46-13-27(30,31)32)20(10-16)43-23(44)12-48-26(43)39-25(45)38-19-6-3-15(9-18(19)29)24-37-14-42(40-24)22-8-5-17(11-36-22)47-28(33,34)35/h3-11,14H,12-13H2,1-2H3,(H,38,45). The van der Waals surface area contributed by atoms with Gasteiger partial charge >= 0.3 is 18.6 Å². The Kier molecular flexibility index (Phi) is 9.46. The molecule has 4 aromatic rings. The number of nitrogens with one attached hydrogen (secondary N) is 1. The van der Waals surface area contributed by atoms with Gasteiger partial charge in [-0.1, -0.05) is 11.8 Å². The van der Waals surface area contributed by atoms with Crippen molar-refractivity contribution in [1.82, 2.24) is 19.7 Å². The molecule has 1 aliphatic heterocycles. The fourth-order valence-corrected chi connectivity index (χ4v) is 4.97. The summed E-state index contributed by atoms with van der Waals surface area (Å²) in [7, 11) is 3.35. The first-order valence-corrected chi connectivity index (χ1v) is 14.3. The number of anilines is 3. The Hall–Kier alpha value is -5.40. The molecule has 48 heavy (non-hydrogen) atoms. The normalized spacial score (nSPS) is 14.4. The van der Waals surface area contributed by atoms with E-state index in [4.69, 9.17) is 4.74 Å². The van der Waals surface area contributed by atoms with Gasteiger partial charge in [-0.15, -0.1) is 18.3 Å². The van der Waals surface area contributed by atoms with Crippen LogP contribution in [0.2, 0.25) is 0 Å². The number of aromatic nitrogens is 4. The lowest BCUT2D eigenvalue weighted by molar-refractivity contribution is -0.274. The van der Waals surface area contributed by atoms with Gasteiger partial charge in [0.15, 0.2) is 23.4 Å². The van der Waals surface area contributed by atoms with Crippen molar-refractivity contribution in [2.45, 2.75) is 12.5 Å². The topological polar surface area (TPSA) is 127 Å². The molecule has 3 amide bonds. The molecule has 12 nitrogen and oxygen atoms in total. The van der Waals surface area contributed by atoms with Crippen molar-refractivity contribution in [3.05, 3.63) is 66.9 Å². The number of urea groups is 1. The molecule has 1 aliphatic rings. The smallest absolute Gasteiger partial charge is 0.482 e. The fourth-order valence-electron chi connectivity index (χ4n) is 4.12. The van der Waals surface area contributed by atoms with Gasteiger partial charge in [0, 0.05) is 25.3 Å². The number of thioether (sulfide) groups is 1. The maximum atomic E-state index is 15.1. The van der Waals surface area contributed by atoms with Crippen molar-refractivity contribution in [2.24, 2.45) is 4.99 Å². The van der Waals surface area contributed by atoms with Crippen LogP contribution in [-0.2, 0) is 4.79 Å². The summed E-state index contributed by atoms with van der Waals surface area (Å²) >= 11 is 0.846. The zero-order valence-corrected chi connectivity index (χ0v) is 25.3. The molecule has 5 rings (SSSR count). The van der Waals surface area contributed by atoms with E-state index < -0.39 is 42.7 Å². The molecule has 1 fully saturated rings. The summed E-state index contributed by atoms with van der Waals surface area (Å²) in [6.07, 6.45) is -7.51. The lowest BCUT2D eigenvalue weighted by atomic mass is 10.2. The second-order valence-electron chi connectivity index (χ2n) is 9.90. The molecule has 0 atom stereocenters. The number of halogens is 7. The van der Waals surface area contributed by atoms with Gasteiger partial charge in [0.2, 0.25) is 5.91 Å². The van der Waals surface area contributed by atoms with Gasteiger partial charge < -0.3 is 19.7 Å². The van der Waals surface area contributed by atoms with E-state index in [9.17, 15) is 35.9 Å². The molecule has 0 bridgehead atoms. The van der Waals surface area contributed by atoms with Crippen molar-refractivity contribution in [3.63, 3.8) is 0 Å². The van der Waals surface area contributed by atoms with Crippen molar-refractivity contribution in [1.29, 1.82) is 0 Å². The lowest BCUT2D eigenvalue weighted by Gasteiger charge is -2.23. The number of amidine groups is 1. The van der Waals surface area contributed by atoms with E-state index >= 15 is 4.39 Å². The second kappa shape index (κ2) is 13.4. The number of pyridine rings is 1. The molecule has 2 aromatic carbocycles. The Morgan fingerprint density at radius 1 is 1.06 bits per heavy atom. The van der Waals surface area contributed by atoms with Crippen LogP contribution in [0.1, 0.15) is 0 Å². The van der Waals surface area contributed by atoms with Crippen molar-refractivity contribution < 1.29 is 49.8 Å². The van der Waals surface area contributed by atoms with Gasteiger partial charge in [-0.3, -0.25) is 9.69 Å². The number of aliphatic imine (C=N–C) groups is 1. The van der Waals surface area contributed by atoms with Crippen LogP contribution in [0.15, 0.2) is 66.0 Å². The summed E-state index contributed by atoms with van der Waals surface area (Å²) in [5.74, 6) is -2.38. The first kappa shape index (κ1) is 33.9. The molecule has 0 spiro atoms. The monoisotopic (exact) mass is 698 g/mol. The predicted octanol–water partition coefficient (Wildman–Crippen LogP) is 6.04.